The molecule has 19 heavy (non-hydrogen) atoms. The molecule has 0 heterocycles. The van der Waals surface area contributed by atoms with E-state index in [-0.39, 0.29) is 17.9 Å². The summed E-state index contributed by atoms with van der Waals surface area (Å²) in [7, 11) is 1.62. The Balaban J connectivity index is 2.01. The maximum Gasteiger partial charge on any atom is 0.120 e. The molecule has 1 saturated carbocycles. The van der Waals surface area contributed by atoms with Gasteiger partial charge >= 0.3 is 0 Å². The third-order valence-electron chi connectivity index (χ3n) is 3.88. The normalized spacial score (nSPS) is 25.0. The van der Waals surface area contributed by atoms with Crippen LogP contribution in [0.5, 0.6) is 11.5 Å². The van der Waals surface area contributed by atoms with Crippen molar-refractivity contribution in [3.8, 4) is 11.5 Å². The highest BCUT2D eigenvalue weighted by Crippen LogP contribution is 2.30. The number of benzene rings is 1. The van der Waals surface area contributed by atoms with E-state index in [1.807, 2.05) is 13.0 Å². The molecule has 4 heteroatoms. The predicted octanol–water partition coefficient (Wildman–Crippen LogP) is 2.35. The zero-order chi connectivity index (χ0) is 13.8. The molecule has 0 saturated heterocycles. The minimum atomic E-state index is -0.140. The number of rotatable bonds is 4. The van der Waals surface area contributed by atoms with Crippen LogP contribution in [0.3, 0.4) is 0 Å². The molecule has 4 nitrogen and oxygen atoms in total. The number of ether oxygens (including phenoxy) is 1. The molecule has 2 rings (SSSR count). The third-order valence-corrected chi connectivity index (χ3v) is 3.88. The Bertz CT molecular complexity index is 414. The van der Waals surface area contributed by atoms with E-state index in [0.717, 1.165) is 37.0 Å². The molecule has 1 aliphatic carbocycles. The first-order valence-corrected chi connectivity index (χ1v) is 6.91. The summed E-state index contributed by atoms with van der Waals surface area (Å²) in [6.45, 7) is 2.04. The molecule has 3 N–H and O–H groups in total. The van der Waals surface area contributed by atoms with Crippen LogP contribution in [-0.2, 0) is 0 Å². The van der Waals surface area contributed by atoms with Crippen molar-refractivity contribution in [2.45, 2.75) is 50.8 Å². The van der Waals surface area contributed by atoms with Gasteiger partial charge < -0.3 is 20.3 Å². The van der Waals surface area contributed by atoms with Gasteiger partial charge in [0.2, 0.25) is 0 Å². The van der Waals surface area contributed by atoms with Gasteiger partial charge in [0.15, 0.2) is 0 Å². The zero-order valence-corrected chi connectivity index (χ0v) is 11.6. The Hall–Kier alpha value is -1.26. The minimum absolute atomic E-state index is 0.0651. The summed E-state index contributed by atoms with van der Waals surface area (Å²) >= 11 is 0. The van der Waals surface area contributed by atoms with Crippen LogP contribution in [0.25, 0.3) is 0 Å². The highest BCUT2D eigenvalue weighted by Gasteiger charge is 2.22. The fourth-order valence-corrected chi connectivity index (χ4v) is 2.69. The van der Waals surface area contributed by atoms with E-state index in [1.165, 1.54) is 0 Å². The van der Waals surface area contributed by atoms with Crippen LogP contribution >= 0.6 is 0 Å². The number of aromatic hydroxyl groups is 1. The average Bonchev–Trinajstić information content (AvgIpc) is 2.42. The number of aliphatic hydroxyl groups excluding tert-OH is 1. The van der Waals surface area contributed by atoms with Gasteiger partial charge in [-0.3, -0.25) is 0 Å². The van der Waals surface area contributed by atoms with Gasteiger partial charge in [0.05, 0.1) is 13.2 Å². The van der Waals surface area contributed by atoms with E-state index < -0.39 is 0 Å². The number of phenolic OH excluding ortho intramolecular Hbond substituents is 1. The quantitative estimate of drug-likeness (QED) is 0.782. The number of phenols is 1. The Morgan fingerprint density at radius 1 is 1.26 bits per heavy atom. The maximum atomic E-state index is 9.94. The van der Waals surface area contributed by atoms with Crippen LogP contribution in [-0.4, -0.2) is 29.5 Å². The molecule has 1 unspecified atom stereocenters. The van der Waals surface area contributed by atoms with Crippen molar-refractivity contribution in [2.24, 2.45) is 0 Å². The summed E-state index contributed by atoms with van der Waals surface area (Å²) in [4.78, 5) is 0. The molecule has 0 amide bonds. The van der Waals surface area contributed by atoms with E-state index in [4.69, 9.17) is 4.74 Å². The van der Waals surface area contributed by atoms with E-state index in [9.17, 15) is 10.2 Å². The smallest absolute Gasteiger partial charge is 0.120 e. The molecule has 1 atom stereocenters. The SMILES string of the molecule is COc1ccc(O)c(C(C)NC2CCC(O)CC2)c1. The summed E-state index contributed by atoms with van der Waals surface area (Å²) in [6.07, 6.45) is 3.54. The van der Waals surface area contributed by atoms with Crippen molar-refractivity contribution in [3.63, 3.8) is 0 Å². The first kappa shape index (κ1) is 14.2. The van der Waals surface area contributed by atoms with Crippen molar-refractivity contribution < 1.29 is 14.9 Å². The average molecular weight is 265 g/mol. The standard InChI is InChI=1S/C15H23NO3/c1-10(16-11-3-5-12(17)6-4-11)14-9-13(19-2)7-8-15(14)18/h7-12,16-18H,3-6H2,1-2H3. The monoisotopic (exact) mass is 265 g/mol. The number of hydrogen-bond acceptors (Lipinski definition) is 4. The zero-order valence-electron chi connectivity index (χ0n) is 11.6. The minimum Gasteiger partial charge on any atom is -0.508 e. The van der Waals surface area contributed by atoms with Gasteiger partial charge in [0.25, 0.3) is 0 Å². The second kappa shape index (κ2) is 6.26. The fraction of sp³-hybridized carbons (Fsp3) is 0.600. The number of nitrogens with one attached hydrogen (secondary N) is 1. The number of aliphatic hydroxyl groups is 1. The molecule has 106 valence electrons. The molecule has 1 aromatic rings. The van der Waals surface area contributed by atoms with Crippen molar-refractivity contribution >= 4 is 0 Å². The van der Waals surface area contributed by atoms with Crippen LogP contribution in [0.15, 0.2) is 18.2 Å². The van der Waals surface area contributed by atoms with E-state index in [0.29, 0.717) is 6.04 Å². The van der Waals surface area contributed by atoms with Crippen LogP contribution in [0.1, 0.15) is 44.2 Å². The van der Waals surface area contributed by atoms with Crippen molar-refractivity contribution in [1.82, 2.24) is 5.32 Å². The van der Waals surface area contributed by atoms with Gasteiger partial charge in [-0.05, 0) is 50.8 Å². The van der Waals surface area contributed by atoms with Crippen LogP contribution < -0.4 is 10.1 Å². The number of methoxy groups -OCH3 is 1. The molecular formula is C15H23NO3. The molecule has 0 radical (unpaired) electrons. The lowest BCUT2D eigenvalue weighted by atomic mass is 9.92. The van der Waals surface area contributed by atoms with Crippen LogP contribution in [0.4, 0.5) is 0 Å². The summed E-state index contributed by atoms with van der Waals surface area (Å²) in [5.41, 5.74) is 0.852. The predicted molar refractivity (Wildman–Crippen MR) is 74.5 cm³/mol. The summed E-state index contributed by atoms with van der Waals surface area (Å²) in [5, 5.41) is 23.0. The van der Waals surface area contributed by atoms with Crippen molar-refractivity contribution in [3.05, 3.63) is 23.8 Å². The first-order valence-electron chi connectivity index (χ1n) is 6.91. The Morgan fingerprint density at radius 3 is 2.58 bits per heavy atom. The van der Waals surface area contributed by atoms with Gasteiger partial charge in [-0.1, -0.05) is 0 Å². The lowest BCUT2D eigenvalue weighted by molar-refractivity contribution is 0.114. The number of hydrogen-bond donors (Lipinski definition) is 3. The van der Waals surface area contributed by atoms with Gasteiger partial charge in [-0.2, -0.15) is 0 Å². The van der Waals surface area contributed by atoms with E-state index in [2.05, 4.69) is 5.32 Å². The van der Waals surface area contributed by atoms with Gasteiger partial charge in [-0.25, -0.2) is 0 Å². The molecule has 1 aromatic carbocycles. The molecule has 0 bridgehead atoms. The Labute approximate surface area is 114 Å². The molecule has 1 fully saturated rings. The topological polar surface area (TPSA) is 61.7 Å². The molecule has 0 aromatic heterocycles. The lowest BCUT2D eigenvalue weighted by Gasteiger charge is -2.29. The molecule has 0 spiro atoms. The molecular weight excluding hydrogens is 242 g/mol. The van der Waals surface area contributed by atoms with Gasteiger partial charge in [0, 0.05) is 17.6 Å². The second-order valence-corrected chi connectivity index (χ2v) is 5.32. The Kier molecular flexibility index (Phi) is 4.66. The van der Waals surface area contributed by atoms with Crippen LogP contribution in [0, 0.1) is 0 Å². The highest BCUT2D eigenvalue weighted by atomic mass is 16.5. The molecule has 0 aliphatic heterocycles. The van der Waals surface area contributed by atoms with Gasteiger partial charge in [0.1, 0.15) is 11.5 Å². The fourth-order valence-electron chi connectivity index (χ4n) is 2.69. The summed E-state index contributed by atoms with van der Waals surface area (Å²) in [5.74, 6) is 1.04. The van der Waals surface area contributed by atoms with E-state index in [1.54, 1.807) is 19.2 Å². The van der Waals surface area contributed by atoms with Gasteiger partial charge in [-0.15, -0.1) is 0 Å². The Morgan fingerprint density at radius 2 is 1.95 bits per heavy atom. The first-order chi connectivity index (χ1) is 9.10. The largest absolute Gasteiger partial charge is 0.508 e. The maximum absolute atomic E-state index is 9.94. The summed E-state index contributed by atoms with van der Waals surface area (Å²) < 4.78 is 5.19. The van der Waals surface area contributed by atoms with Crippen LogP contribution in [0.2, 0.25) is 0 Å². The van der Waals surface area contributed by atoms with E-state index >= 15 is 0 Å². The molecule has 1 aliphatic rings. The third kappa shape index (κ3) is 3.61. The highest BCUT2D eigenvalue weighted by molar-refractivity contribution is 5.41. The van der Waals surface area contributed by atoms with Crippen molar-refractivity contribution in [2.75, 3.05) is 7.11 Å². The van der Waals surface area contributed by atoms with Crippen molar-refractivity contribution in [1.29, 1.82) is 0 Å². The second-order valence-electron chi connectivity index (χ2n) is 5.32. The summed E-state index contributed by atoms with van der Waals surface area (Å²) in [6, 6.07) is 5.75. The lowest BCUT2D eigenvalue weighted by Crippen LogP contribution is -2.36.